The molecular formula is C16H19NO3. The molecule has 0 amide bonds. The first-order chi connectivity index (χ1) is 9.72. The molecule has 2 aliphatic heterocycles. The molecule has 1 saturated heterocycles. The largest absolute Gasteiger partial charge is 0.465 e. The van der Waals surface area contributed by atoms with Crippen LogP contribution in [0.1, 0.15) is 25.5 Å². The second-order valence-electron chi connectivity index (χ2n) is 5.11. The zero-order chi connectivity index (χ0) is 14.1. The number of rotatable bonds is 4. The minimum absolute atomic E-state index is 0.102. The van der Waals surface area contributed by atoms with E-state index in [2.05, 4.69) is 24.0 Å². The van der Waals surface area contributed by atoms with Crippen molar-refractivity contribution in [3.05, 3.63) is 48.0 Å². The molecule has 0 radical (unpaired) electrons. The van der Waals surface area contributed by atoms with E-state index in [1.807, 2.05) is 37.3 Å². The predicted octanol–water partition coefficient (Wildman–Crippen LogP) is 2.28. The van der Waals surface area contributed by atoms with Gasteiger partial charge in [-0.1, -0.05) is 36.4 Å². The molecule has 3 rings (SSSR count). The van der Waals surface area contributed by atoms with E-state index >= 15 is 0 Å². The summed E-state index contributed by atoms with van der Waals surface area (Å²) >= 11 is 0. The van der Waals surface area contributed by atoms with Crippen LogP contribution in [0, 0.1) is 0 Å². The molecule has 2 aliphatic rings. The third-order valence-corrected chi connectivity index (χ3v) is 3.95. The van der Waals surface area contributed by atoms with E-state index in [9.17, 15) is 4.79 Å². The van der Waals surface area contributed by atoms with Crippen molar-refractivity contribution >= 4 is 5.97 Å². The molecule has 106 valence electrons. The molecule has 1 fully saturated rings. The maximum absolute atomic E-state index is 12.2. The normalized spacial score (nSPS) is 29.6. The van der Waals surface area contributed by atoms with Gasteiger partial charge >= 0.3 is 5.97 Å². The molecule has 2 bridgehead atoms. The number of hydrogen-bond acceptors (Lipinski definition) is 4. The van der Waals surface area contributed by atoms with Crippen LogP contribution in [0.5, 0.6) is 0 Å². The first-order valence-electron chi connectivity index (χ1n) is 7.05. The Morgan fingerprint density at radius 2 is 2.10 bits per heavy atom. The maximum Gasteiger partial charge on any atom is 0.326 e. The highest BCUT2D eigenvalue weighted by Gasteiger charge is 2.50. The van der Waals surface area contributed by atoms with Gasteiger partial charge in [0.2, 0.25) is 0 Å². The Morgan fingerprint density at radius 3 is 2.80 bits per heavy atom. The molecule has 4 atom stereocenters. The SMILES string of the molecule is CCOC(=O)[C@@H]1[C@H]2C=C[C@H](O2)N1[C@H](C)c1ccccc1. The van der Waals surface area contributed by atoms with Crippen molar-refractivity contribution in [2.45, 2.75) is 38.3 Å². The summed E-state index contributed by atoms with van der Waals surface area (Å²) in [5.41, 5.74) is 1.17. The Morgan fingerprint density at radius 1 is 1.35 bits per heavy atom. The van der Waals surface area contributed by atoms with E-state index in [1.165, 1.54) is 5.56 Å². The lowest BCUT2D eigenvalue weighted by molar-refractivity contribution is -0.150. The first-order valence-corrected chi connectivity index (χ1v) is 7.05. The van der Waals surface area contributed by atoms with Gasteiger partial charge < -0.3 is 9.47 Å². The summed E-state index contributed by atoms with van der Waals surface area (Å²) in [7, 11) is 0. The number of esters is 1. The minimum atomic E-state index is -0.347. The highest BCUT2D eigenvalue weighted by Crippen LogP contribution is 2.38. The van der Waals surface area contributed by atoms with Crippen LogP contribution in [0.3, 0.4) is 0 Å². The Labute approximate surface area is 119 Å². The second kappa shape index (κ2) is 5.38. The molecule has 1 aromatic rings. The van der Waals surface area contributed by atoms with Crippen LogP contribution in [0.15, 0.2) is 42.5 Å². The van der Waals surface area contributed by atoms with E-state index in [0.717, 1.165) is 0 Å². The molecule has 0 spiro atoms. The van der Waals surface area contributed by atoms with Gasteiger partial charge in [-0.25, -0.2) is 0 Å². The summed E-state index contributed by atoms with van der Waals surface area (Å²) in [6.45, 7) is 4.32. The smallest absolute Gasteiger partial charge is 0.326 e. The van der Waals surface area contributed by atoms with Gasteiger partial charge in [0.25, 0.3) is 0 Å². The summed E-state index contributed by atoms with van der Waals surface area (Å²) in [6.07, 6.45) is 3.65. The lowest BCUT2D eigenvalue weighted by Crippen LogP contribution is -2.47. The molecule has 0 aromatic heterocycles. The molecule has 0 N–H and O–H groups in total. The van der Waals surface area contributed by atoms with Crippen molar-refractivity contribution in [3.8, 4) is 0 Å². The molecule has 0 saturated carbocycles. The van der Waals surface area contributed by atoms with Crippen molar-refractivity contribution < 1.29 is 14.3 Å². The Bertz CT molecular complexity index is 514. The molecule has 4 heteroatoms. The zero-order valence-electron chi connectivity index (χ0n) is 11.7. The number of hydrogen-bond donors (Lipinski definition) is 0. The predicted molar refractivity (Wildman–Crippen MR) is 74.9 cm³/mol. The van der Waals surface area contributed by atoms with Crippen LogP contribution >= 0.6 is 0 Å². The molecule has 4 nitrogen and oxygen atoms in total. The van der Waals surface area contributed by atoms with Crippen molar-refractivity contribution in [1.82, 2.24) is 4.90 Å². The summed E-state index contributed by atoms with van der Waals surface area (Å²) in [5.74, 6) is -0.202. The number of carbonyl (C=O) groups excluding carboxylic acids is 1. The number of benzene rings is 1. The zero-order valence-corrected chi connectivity index (χ0v) is 11.7. The van der Waals surface area contributed by atoms with Gasteiger partial charge in [0.1, 0.15) is 18.4 Å². The van der Waals surface area contributed by atoms with Gasteiger partial charge in [-0.15, -0.1) is 0 Å². The van der Waals surface area contributed by atoms with Crippen LogP contribution in [0.2, 0.25) is 0 Å². The van der Waals surface area contributed by atoms with E-state index in [-0.39, 0.29) is 30.4 Å². The van der Waals surface area contributed by atoms with Crippen LogP contribution in [0.25, 0.3) is 0 Å². The lowest BCUT2D eigenvalue weighted by Gasteiger charge is -2.33. The Hall–Kier alpha value is -1.65. The van der Waals surface area contributed by atoms with Gasteiger partial charge in [0.15, 0.2) is 0 Å². The minimum Gasteiger partial charge on any atom is -0.465 e. The van der Waals surface area contributed by atoms with Crippen molar-refractivity contribution in [1.29, 1.82) is 0 Å². The highest BCUT2D eigenvalue weighted by atomic mass is 16.6. The van der Waals surface area contributed by atoms with Gasteiger partial charge in [0, 0.05) is 6.04 Å². The van der Waals surface area contributed by atoms with Crippen molar-refractivity contribution in [2.24, 2.45) is 0 Å². The summed E-state index contributed by atoms with van der Waals surface area (Å²) < 4.78 is 11.0. The summed E-state index contributed by atoms with van der Waals surface area (Å²) in [5, 5.41) is 0. The topological polar surface area (TPSA) is 38.8 Å². The third kappa shape index (κ3) is 2.15. The number of fused-ring (bicyclic) bond motifs is 2. The fourth-order valence-electron chi connectivity index (χ4n) is 2.98. The van der Waals surface area contributed by atoms with Gasteiger partial charge in [-0.05, 0) is 25.5 Å². The standard InChI is InChI=1S/C16H19NO3/c1-3-19-16(18)15-13-9-10-14(20-13)17(15)11(2)12-7-5-4-6-8-12/h4-11,13-15H,3H2,1-2H3/t11-,13-,14+,15+/m1/s1. The first kappa shape index (κ1) is 13.3. The van der Waals surface area contributed by atoms with Gasteiger partial charge in [-0.3, -0.25) is 9.69 Å². The van der Waals surface area contributed by atoms with Gasteiger partial charge in [0.05, 0.1) is 6.61 Å². The van der Waals surface area contributed by atoms with Crippen molar-refractivity contribution in [3.63, 3.8) is 0 Å². The van der Waals surface area contributed by atoms with Gasteiger partial charge in [-0.2, -0.15) is 0 Å². The Balaban J connectivity index is 1.87. The fourth-order valence-corrected chi connectivity index (χ4v) is 2.98. The quantitative estimate of drug-likeness (QED) is 0.623. The molecule has 0 unspecified atom stereocenters. The average Bonchev–Trinajstić information content (AvgIpc) is 3.08. The monoisotopic (exact) mass is 273 g/mol. The van der Waals surface area contributed by atoms with E-state index in [4.69, 9.17) is 9.47 Å². The highest BCUT2D eigenvalue weighted by molar-refractivity contribution is 5.78. The molecular weight excluding hydrogens is 254 g/mol. The molecule has 20 heavy (non-hydrogen) atoms. The number of carbonyl (C=O) groups is 1. The fraction of sp³-hybridized carbons (Fsp3) is 0.438. The number of nitrogens with zero attached hydrogens (tertiary/aromatic N) is 1. The Kier molecular flexibility index (Phi) is 3.59. The van der Waals surface area contributed by atoms with Crippen LogP contribution < -0.4 is 0 Å². The molecule has 2 heterocycles. The van der Waals surface area contributed by atoms with Crippen molar-refractivity contribution in [2.75, 3.05) is 6.61 Å². The average molecular weight is 273 g/mol. The van der Waals surface area contributed by atoms with E-state index in [0.29, 0.717) is 6.61 Å². The molecule has 1 aromatic carbocycles. The van der Waals surface area contributed by atoms with E-state index < -0.39 is 0 Å². The summed E-state index contributed by atoms with van der Waals surface area (Å²) in [6, 6.07) is 9.91. The van der Waals surface area contributed by atoms with E-state index in [1.54, 1.807) is 0 Å². The maximum atomic E-state index is 12.2. The molecule has 0 aliphatic carbocycles. The van der Waals surface area contributed by atoms with Crippen LogP contribution in [-0.2, 0) is 14.3 Å². The number of ether oxygens (including phenoxy) is 2. The summed E-state index contributed by atoms with van der Waals surface area (Å²) in [4.78, 5) is 14.3. The van der Waals surface area contributed by atoms with Crippen LogP contribution in [-0.4, -0.2) is 35.8 Å². The van der Waals surface area contributed by atoms with Crippen LogP contribution in [0.4, 0.5) is 0 Å². The lowest BCUT2D eigenvalue weighted by atomic mass is 10.0. The second-order valence-corrected chi connectivity index (χ2v) is 5.11. The third-order valence-electron chi connectivity index (χ3n) is 3.95.